The number of likely N-dealkylation sites (N-methyl/N-ethyl adjacent to an activating group) is 1. The average molecular weight is 353 g/mol. The average Bonchev–Trinajstić information content (AvgIpc) is 2.62. The Morgan fingerprint density at radius 3 is 2.31 bits per heavy atom. The minimum atomic E-state index is -0.0489. The molecule has 2 aromatic rings. The molecular weight excluding hydrogens is 326 g/mol. The standard InChI is InChI=1S/C20H27N5O/c1-20(2,3)15-7-5-6-8-16(15)21-18-10-9-17(22-23-18)19(26)25-13-11-24(4)12-14-25/h5-10H,11-14H2,1-4H3,(H,21,23). The van der Waals surface area contributed by atoms with Crippen molar-refractivity contribution in [2.75, 3.05) is 38.5 Å². The summed E-state index contributed by atoms with van der Waals surface area (Å²) in [6, 6.07) is 11.7. The Morgan fingerprint density at radius 2 is 1.69 bits per heavy atom. The second-order valence-electron chi connectivity index (χ2n) is 7.82. The summed E-state index contributed by atoms with van der Waals surface area (Å²) in [5, 5.41) is 11.7. The molecule has 0 radical (unpaired) electrons. The van der Waals surface area contributed by atoms with Crippen LogP contribution in [0.2, 0.25) is 0 Å². The van der Waals surface area contributed by atoms with E-state index in [2.05, 4.69) is 54.3 Å². The minimum absolute atomic E-state index is 0.0222. The zero-order valence-corrected chi connectivity index (χ0v) is 16.0. The van der Waals surface area contributed by atoms with Crippen molar-refractivity contribution in [2.45, 2.75) is 26.2 Å². The van der Waals surface area contributed by atoms with E-state index in [0.29, 0.717) is 11.5 Å². The lowest BCUT2D eigenvalue weighted by molar-refractivity contribution is 0.0657. The third-order valence-corrected chi connectivity index (χ3v) is 4.67. The molecule has 138 valence electrons. The molecule has 1 N–H and O–H groups in total. The monoisotopic (exact) mass is 353 g/mol. The first-order chi connectivity index (χ1) is 12.3. The van der Waals surface area contributed by atoms with Gasteiger partial charge in [-0.1, -0.05) is 39.0 Å². The summed E-state index contributed by atoms with van der Waals surface area (Å²) in [6.07, 6.45) is 0. The van der Waals surface area contributed by atoms with E-state index in [1.54, 1.807) is 6.07 Å². The molecule has 2 heterocycles. The van der Waals surface area contributed by atoms with E-state index >= 15 is 0 Å². The van der Waals surface area contributed by atoms with E-state index in [4.69, 9.17) is 0 Å². The molecule has 1 aromatic heterocycles. The largest absolute Gasteiger partial charge is 0.338 e. The first kappa shape index (κ1) is 18.3. The van der Waals surface area contributed by atoms with E-state index in [1.165, 1.54) is 5.56 Å². The maximum absolute atomic E-state index is 12.5. The summed E-state index contributed by atoms with van der Waals surface area (Å²) >= 11 is 0. The molecule has 3 rings (SSSR count). The predicted molar refractivity (Wildman–Crippen MR) is 104 cm³/mol. The number of para-hydroxylation sites is 1. The fraction of sp³-hybridized carbons (Fsp3) is 0.450. The van der Waals surface area contributed by atoms with Crippen molar-refractivity contribution in [1.82, 2.24) is 20.0 Å². The summed E-state index contributed by atoms with van der Waals surface area (Å²) < 4.78 is 0. The highest BCUT2D eigenvalue weighted by Gasteiger charge is 2.22. The van der Waals surface area contributed by atoms with Gasteiger partial charge in [0.2, 0.25) is 0 Å². The molecular formula is C20H27N5O. The molecule has 1 aliphatic heterocycles. The number of amides is 1. The number of carbonyl (C=O) groups excluding carboxylic acids is 1. The van der Waals surface area contributed by atoms with Gasteiger partial charge in [0.15, 0.2) is 11.5 Å². The Bertz CT molecular complexity index is 759. The van der Waals surface area contributed by atoms with Gasteiger partial charge in [0.25, 0.3) is 5.91 Å². The Hall–Kier alpha value is -2.47. The highest BCUT2D eigenvalue weighted by Crippen LogP contribution is 2.30. The van der Waals surface area contributed by atoms with E-state index in [-0.39, 0.29) is 11.3 Å². The van der Waals surface area contributed by atoms with Crippen LogP contribution < -0.4 is 5.32 Å². The van der Waals surface area contributed by atoms with E-state index < -0.39 is 0 Å². The molecule has 6 nitrogen and oxygen atoms in total. The van der Waals surface area contributed by atoms with Crippen molar-refractivity contribution >= 4 is 17.4 Å². The van der Waals surface area contributed by atoms with Gasteiger partial charge in [-0.3, -0.25) is 4.79 Å². The predicted octanol–water partition coefficient (Wildman–Crippen LogP) is 2.91. The smallest absolute Gasteiger partial charge is 0.274 e. The zero-order valence-electron chi connectivity index (χ0n) is 16.0. The first-order valence-electron chi connectivity index (χ1n) is 9.03. The van der Waals surface area contributed by atoms with Crippen LogP contribution in [0, 0.1) is 0 Å². The second kappa shape index (κ2) is 7.41. The van der Waals surface area contributed by atoms with Crippen molar-refractivity contribution in [1.29, 1.82) is 0 Å². The normalized spacial score (nSPS) is 15.8. The van der Waals surface area contributed by atoms with Crippen LogP contribution in [0.1, 0.15) is 36.8 Å². The van der Waals surface area contributed by atoms with E-state index in [1.807, 2.05) is 29.2 Å². The molecule has 0 bridgehead atoms. The molecule has 0 aliphatic carbocycles. The number of aromatic nitrogens is 2. The second-order valence-corrected chi connectivity index (χ2v) is 7.82. The number of anilines is 2. The quantitative estimate of drug-likeness (QED) is 0.919. The third-order valence-electron chi connectivity index (χ3n) is 4.67. The highest BCUT2D eigenvalue weighted by molar-refractivity contribution is 5.92. The molecule has 0 unspecified atom stereocenters. The number of hydrogen-bond donors (Lipinski definition) is 1. The van der Waals surface area contributed by atoms with Gasteiger partial charge in [-0.2, -0.15) is 0 Å². The topological polar surface area (TPSA) is 61.4 Å². The van der Waals surface area contributed by atoms with Crippen molar-refractivity contribution < 1.29 is 4.79 Å². The number of nitrogens with zero attached hydrogens (tertiary/aromatic N) is 4. The summed E-state index contributed by atoms with van der Waals surface area (Å²) in [6.45, 7) is 9.78. The van der Waals surface area contributed by atoms with Crippen molar-refractivity contribution in [3.05, 3.63) is 47.7 Å². The zero-order chi connectivity index (χ0) is 18.7. The Labute approximate surface area is 155 Å². The molecule has 1 amide bonds. The van der Waals surface area contributed by atoms with Gasteiger partial charge in [-0.25, -0.2) is 0 Å². The van der Waals surface area contributed by atoms with Gasteiger partial charge in [-0.05, 0) is 36.2 Å². The van der Waals surface area contributed by atoms with Crippen LogP contribution in [-0.4, -0.2) is 59.1 Å². The Kier molecular flexibility index (Phi) is 5.23. The Morgan fingerprint density at radius 1 is 1.00 bits per heavy atom. The highest BCUT2D eigenvalue weighted by atomic mass is 16.2. The number of benzene rings is 1. The third kappa shape index (κ3) is 4.19. The summed E-state index contributed by atoms with van der Waals surface area (Å²) in [5.41, 5.74) is 2.63. The van der Waals surface area contributed by atoms with Crippen LogP contribution in [0.3, 0.4) is 0 Å². The Balaban J connectivity index is 1.72. The maximum atomic E-state index is 12.5. The van der Waals surface area contributed by atoms with Crippen molar-refractivity contribution in [3.63, 3.8) is 0 Å². The van der Waals surface area contributed by atoms with Crippen LogP contribution in [0.5, 0.6) is 0 Å². The molecule has 26 heavy (non-hydrogen) atoms. The lowest BCUT2D eigenvalue weighted by Crippen LogP contribution is -2.47. The SMILES string of the molecule is CN1CCN(C(=O)c2ccc(Nc3ccccc3C(C)(C)C)nn2)CC1. The summed E-state index contributed by atoms with van der Waals surface area (Å²) in [5.74, 6) is 0.587. The van der Waals surface area contributed by atoms with Gasteiger partial charge >= 0.3 is 0 Å². The molecule has 0 saturated carbocycles. The lowest BCUT2D eigenvalue weighted by Gasteiger charge is -2.32. The minimum Gasteiger partial charge on any atom is -0.338 e. The van der Waals surface area contributed by atoms with Gasteiger partial charge in [0.1, 0.15) is 0 Å². The van der Waals surface area contributed by atoms with Crippen LogP contribution in [0.15, 0.2) is 36.4 Å². The number of nitrogens with one attached hydrogen (secondary N) is 1. The molecule has 0 spiro atoms. The van der Waals surface area contributed by atoms with Gasteiger partial charge in [0, 0.05) is 31.9 Å². The van der Waals surface area contributed by atoms with Crippen molar-refractivity contribution in [3.8, 4) is 0 Å². The van der Waals surface area contributed by atoms with E-state index in [0.717, 1.165) is 31.9 Å². The number of piperazine rings is 1. The lowest BCUT2D eigenvalue weighted by atomic mass is 9.86. The fourth-order valence-corrected chi connectivity index (χ4v) is 3.07. The van der Waals surface area contributed by atoms with Gasteiger partial charge in [0.05, 0.1) is 0 Å². The van der Waals surface area contributed by atoms with Crippen LogP contribution in [-0.2, 0) is 5.41 Å². The maximum Gasteiger partial charge on any atom is 0.274 e. The molecule has 1 aromatic carbocycles. The number of carbonyl (C=O) groups is 1. The molecule has 0 atom stereocenters. The van der Waals surface area contributed by atoms with E-state index in [9.17, 15) is 4.79 Å². The fourth-order valence-electron chi connectivity index (χ4n) is 3.07. The summed E-state index contributed by atoms with van der Waals surface area (Å²) in [4.78, 5) is 16.6. The molecule has 1 fully saturated rings. The van der Waals surface area contributed by atoms with Crippen molar-refractivity contribution in [2.24, 2.45) is 0 Å². The van der Waals surface area contributed by atoms with Crippen LogP contribution in [0.25, 0.3) is 0 Å². The molecule has 1 saturated heterocycles. The summed E-state index contributed by atoms with van der Waals surface area (Å²) in [7, 11) is 2.07. The van der Waals surface area contributed by atoms with Crippen LogP contribution >= 0.6 is 0 Å². The first-order valence-corrected chi connectivity index (χ1v) is 9.03. The number of rotatable bonds is 3. The molecule has 1 aliphatic rings. The number of hydrogen-bond acceptors (Lipinski definition) is 5. The van der Waals surface area contributed by atoms with Gasteiger partial charge in [-0.15, -0.1) is 10.2 Å². The van der Waals surface area contributed by atoms with Crippen LogP contribution in [0.4, 0.5) is 11.5 Å². The van der Waals surface area contributed by atoms with Gasteiger partial charge < -0.3 is 15.1 Å². The molecule has 6 heteroatoms.